The number of benzene rings is 1. The fourth-order valence-electron chi connectivity index (χ4n) is 2.26. The van der Waals surface area contributed by atoms with Crippen LogP contribution in [0.4, 0.5) is 0 Å². The minimum Gasteiger partial charge on any atom is -0.467 e. The number of nitrogens with zero attached hydrogens (tertiary/aromatic N) is 4. The van der Waals surface area contributed by atoms with Gasteiger partial charge in [-0.2, -0.15) is 0 Å². The number of amides is 1. The van der Waals surface area contributed by atoms with Crippen LogP contribution < -0.4 is 0 Å². The Balaban J connectivity index is 1.79. The van der Waals surface area contributed by atoms with E-state index in [9.17, 15) is 4.79 Å². The van der Waals surface area contributed by atoms with Gasteiger partial charge in [0, 0.05) is 7.05 Å². The Morgan fingerprint density at radius 1 is 1.26 bits per heavy atom. The topological polar surface area (TPSA) is 64.2 Å². The summed E-state index contributed by atoms with van der Waals surface area (Å²) >= 11 is 0. The maximum absolute atomic E-state index is 12.5. The normalized spacial score (nSPS) is 12.1. The summed E-state index contributed by atoms with van der Waals surface area (Å²) in [6.45, 7) is 3.92. The van der Waals surface area contributed by atoms with Crippen LogP contribution in [0.2, 0.25) is 0 Å². The van der Waals surface area contributed by atoms with Gasteiger partial charge >= 0.3 is 0 Å². The molecule has 0 spiro atoms. The highest BCUT2D eigenvalue weighted by Crippen LogP contribution is 2.20. The summed E-state index contributed by atoms with van der Waals surface area (Å²) in [6.07, 6.45) is 3.23. The highest BCUT2D eigenvalue weighted by molar-refractivity contribution is 5.92. The Hall–Kier alpha value is -2.89. The van der Waals surface area contributed by atoms with Gasteiger partial charge in [0.1, 0.15) is 5.76 Å². The third-order valence-electron chi connectivity index (χ3n) is 3.87. The van der Waals surface area contributed by atoms with Gasteiger partial charge in [0.2, 0.25) is 0 Å². The molecule has 1 atom stereocenters. The van der Waals surface area contributed by atoms with Crippen molar-refractivity contribution < 1.29 is 9.21 Å². The zero-order chi connectivity index (χ0) is 16.4. The molecule has 0 radical (unpaired) electrons. The second-order valence-electron chi connectivity index (χ2n) is 5.49. The van der Waals surface area contributed by atoms with Crippen molar-refractivity contribution in [1.82, 2.24) is 19.9 Å². The molecular weight excluding hydrogens is 292 g/mol. The average molecular weight is 310 g/mol. The second kappa shape index (κ2) is 6.08. The first-order valence-electron chi connectivity index (χ1n) is 7.36. The average Bonchev–Trinajstić information content (AvgIpc) is 3.25. The molecule has 6 heteroatoms. The van der Waals surface area contributed by atoms with Crippen molar-refractivity contribution in [3.8, 4) is 5.69 Å². The zero-order valence-corrected chi connectivity index (χ0v) is 13.3. The molecule has 0 aliphatic rings. The molecule has 1 aromatic carbocycles. The van der Waals surface area contributed by atoms with Crippen LogP contribution in [0, 0.1) is 6.92 Å². The maximum Gasteiger partial charge on any atom is 0.276 e. The van der Waals surface area contributed by atoms with Crippen molar-refractivity contribution >= 4 is 5.91 Å². The third kappa shape index (κ3) is 3.01. The molecule has 2 heterocycles. The lowest BCUT2D eigenvalue weighted by atomic mass is 10.2. The van der Waals surface area contributed by atoms with Crippen LogP contribution in [0.3, 0.4) is 0 Å². The molecule has 2 aromatic heterocycles. The van der Waals surface area contributed by atoms with E-state index in [1.807, 2.05) is 44.2 Å². The lowest BCUT2D eigenvalue weighted by Gasteiger charge is -2.22. The molecule has 23 heavy (non-hydrogen) atoms. The van der Waals surface area contributed by atoms with Crippen molar-refractivity contribution in [3.63, 3.8) is 0 Å². The number of carbonyl (C=O) groups excluding carboxylic acids is 1. The molecule has 0 aliphatic carbocycles. The van der Waals surface area contributed by atoms with E-state index in [4.69, 9.17) is 4.42 Å². The first kappa shape index (κ1) is 15.0. The Morgan fingerprint density at radius 3 is 2.65 bits per heavy atom. The van der Waals surface area contributed by atoms with Gasteiger partial charge in [-0.15, -0.1) is 5.10 Å². The van der Waals surface area contributed by atoms with E-state index >= 15 is 0 Å². The summed E-state index contributed by atoms with van der Waals surface area (Å²) in [7, 11) is 1.72. The monoisotopic (exact) mass is 310 g/mol. The molecule has 1 unspecified atom stereocenters. The van der Waals surface area contributed by atoms with Gasteiger partial charge in [0.05, 0.1) is 24.2 Å². The lowest BCUT2D eigenvalue weighted by Crippen LogP contribution is -2.29. The van der Waals surface area contributed by atoms with Crippen molar-refractivity contribution in [3.05, 3.63) is 65.9 Å². The van der Waals surface area contributed by atoms with Crippen molar-refractivity contribution in [1.29, 1.82) is 0 Å². The van der Waals surface area contributed by atoms with Gasteiger partial charge in [-0.05, 0) is 38.1 Å². The minimum absolute atomic E-state index is 0.179. The maximum atomic E-state index is 12.5. The number of carbonyl (C=O) groups is 1. The first-order valence-corrected chi connectivity index (χ1v) is 7.36. The SMILES string of the molecule is Cc1ccc(-n2cc(C(=O)N(C)C(C)c3ccco3)nn2)cc1. The number of hydrogen-bond donors (Lipinski definition) is 0. The van der Waals surface area contributed by atoms with Crippen LogP contribution in [-0.2, 0) is 0 Å². The number of rotatable bonds is 4. The van der Waals surface area contributed by atoms with E-state index < -0.39 is 0 Å². The molecule has 0 fully saturated rings. The summed E-state index contributed by atoms with van der Waals surface area (Å²) in [4.78, 5) is 14.1. The van der Waals surface area contributed by atoms with Gasteiger partial charge in [0.25, 0.3) is 5.91 Å². The fourth-order valence-corrected chi connectivity index (χ4v) is 2.26. The van der Waals surface area contributed by atoms with Crippen LogP contribution in [0.15, 0.2) is 53.3 Å². The highest BCUT2D eigenvalue weighted by Gasteiger charge is 2.23. The molecular formula is C17H18N4O2. The zero-order valence-electron chi connectivity index (χ0n) is 13.3. The molecule has 1 amide bonds. The quantitative estimate of drug-likeness (QED) is 0.743. The number of hydrogen-bond acceptors (Lipinski definition) is 4. The summed E-state index contributed by atoms with van der Waals surface area (Å²) in [5, 5.41) is 8.03. The predicted molar refractivity (Wildman–Crippen MR) is 85.3 cm³/mol. The van der Waals surface area contributed by atoms with E-state index in [1.54, 1.807) is 35.2 Å². The Bertz CT molecular complexity index is 790. The van der Waals surface area contributed by atoms with Crippen LogP contribution in [0.25, 0.3) is 5.69 Å². The molecule has 0 saturated heterocycles. The standard InChI is InChI=1S/C17H18N4O2/c1-12-6-8-14(9-7-12)21-11-15(18-19-21)17(22)20(3)13(2)16-5-4-10-23-16/h4-11,13H,1-3H3. The number of aryl methyl sites for hydroxylation is 1. The van der Waals surface area contributed by atoms with Crippen LogP contribution in [0.5, 0.6) is 0 Å². The molecule has 6 nitrogen and oxygen atoms in total. The second-order valence-corrected chi connectivity index (χ2v) is 5.49. The highest BCUT2D eigenvalue weighted by atomic mass is 16.3. The van der Waals surface area contributed by atoms with Gasteiger partial charge in [-0.1, -0.05) is 22.9 Å². The van der Waals surface area contributed by atoms with Gasteiger partial charge in [0.15, 0.2) is 5.69 Å². The van der Waals surface area contributed by atoms with E-state index in [0.717, 1.165) is 17.0 Å². The van der Waals surface area contributed by atoms with Gasteiger partial charge in [-0.25, -0.2) is 4.68 Å². The van der Waals surface area contributed by atoms with Crippen LogP contribution in [0.1, 0.15) is 34.8 Å². The third-order valence-corrected chi connectivity index (χ3v) is 3.87. The van der Waals surface area contributed by atoms with Crippen molar-refractivity contribution in [2.24, 2.45) is 0 Å². The van der Waals surface area contributed by atoms with Crippen molar-refractivity contribution in [2.45, 2.75) is 19.9 Å². The Morgan fingerprint density at radius 2 is 2.00 bits per heavy atom. The summed E-state index contributed by atoms with van der Waals surface area (Å²) in [5.41, 5.74) is 2.33. The number of aromatic nitrogens is 3. The van der Waals surface area contributed by atoms with Gasteiger partial charge < -0.3 is 9.32 Å². The fraction of sp³-hybridized carbons (Fsp3) is 0.235. The first-order chi connectivity index (χ1) is 11.1. The molecule has 0 aliphatic heterocycles. The Kier molecular flexibility index (Phi) is 3.97. The molecule has 3 rings (SSSR count). The van der Waals surface area contributed by atoms with E-state index in [0.29, 0.717) is 5.69 Å². The minimum atomic E-state index is -0.202. The summed E-state index contributed by atoms with van der Waals surface area (Å²) in [6, 6.07) is 11.3. The van der Waals surface area contributed by atoms with E-state index in [-0.39, 0.29) is 11.9 Å². The number of furan rings is 1. The molecule has 0 saturated carbocycles. The van der Waals surface area contributed by atoms with E-state index in [1.165, 1.54) is 0 Å². The Labute approximate surface area is 134 Å². The molecule has 0 bridgehead atoms. The van der Waals surface area contributed by atoms with Crippen LogP contribution >= 0.6 is 0 Å². The van der Waals surface area contributed by atoms with Crippen molar-refractivity contribution in [2.75, 3.05) is 7.05 Å². The molecule has 118 valence electrons. The predicted octanol–water partition coefficient (Wildman–Crippen LogP) is 3.00. The smallest absolute Gasteiger partial charge is 0.276 e. The van der Waals surface area contributed by atoms with Crippen LogP contribution in [-0.4, -0.2) is 32.8 Å². The van der Waals surface area contributed by atoms with Gasteiger partial charge in [-0.3, -0.25) is 4.79 Å². The molecule has 0 N–H and O–H groups in total. The largest absolute Gasteiger partial charge is 0.467 e. The van der Waals surface area contributed by atoms with E-state index in [2.05, 4.69) is 10.3 Å². The summed E-state index contributed by atoms with van der Waals surface area (Å²) < 4.78 is 6.95. The summed E-state index contributed by atoms with van der Waals surface area (Å²) in [5.74, 6) is 0.527. The molecule has 3 aromatic rings. The lowest BCUT2D eigenvalue weighted by molar-refractivity contribution is 0.0720.